The van der Waals surface area contributed by atoms with E-state index in [0.29, 0.717) is 30.0 Å². The van der Waals surface area contributed by atoms with Gasteiger partial charge in [0.05, 0.1) is 17.0 Å². The van der Waals surface area contributed by atoms with Crippen molar-refractivity contribution in [2.45, 2.75) is 24.9 Å². The fourth-order valence-electron chi connectivity index (χ4n) is 3.24. The highest BCUT2D eigenvalue weighted by Gasteiger charge is 2.32. The van der Waals surface area contributed by atoms with E-state index in [1.54, 1.807) is 11.0 Å². The van der Waals surface area contributed by atoms with E-state index >= 15 is 0 Å². The maximum Gasteiger partial charge on any atom is 0.416 e. The van der Waals surface area contributed by atoms with Crippen LogP contribution in [-0.2, 0) is 11.0 Å². The molecule has 1 atom stereocenters. The van der Waals surface area contributed by atoms with Crippen molar-refractivity contribution in [1.82, 2.24) is 14.9 Å². The summed E-state index contributed by atoms with van der Waals surface area (Å²) in [6, 6.07) is 5.00. The molecule has 0 aliphatic carbocycles. The molecule has 26 heavy (non-hydrogen) atoms. The molecule has 138 valence electrons. The summed E-state index contributed by atoms with van der Waals surface area (Å²) in [5.74, 6) is -0.503. The Morgan fingerprint density at radius 1 is 1.27 bits per heavy atom. The normalized spacial score (nSPS) is 18.0. The van der Waals surface area contributed by atoms with Crippen LogP contribution >= 0.6 is 0 Å². The summed E-state index contributed by atoms with van der Waals surface area (Å²) in [5, 5.41) is 9.06. The molecule has 2 heterocycles. The predicted molar refractivity (Wildman–Crippen MR) is 88.1 cm³/mol. The van der Waals surface area contributed by atoms with Crippen molar-refractivity contribution in [1.29, 1.82) is 0 Å². The van der Waals surface area contributed by atoms with Crippen molar-refractivity contribution in [3.05, 3.63) is 47.9 Å². The van der Waals surface area contributed by atoms with Gasteiger partial charge in [-0.1, -0.05) is 12.1 Å². The number of carbonyl (C=O) groups is 1. The monoisotopic (exact) mass is 365 g/mol. The van der Waals surface area contributed by atoms with Gasteiger partial charge in [0.1, 0.15) is 6.61 Å². The number of alkyl halides is 3. The number of benzene rings is 1. The Hall–Kier alpha value is -2.48. The minimum Gasteiger partial charge on any atom is -0.387 e. The van der Waals surface area contributed by atoms with Crippen LogP contribution in [0.25, 0.3) is 11.3 Å². The van der Waals surface area contributed by atoms with Crippen LogP contribution < -0.4 is 0 Å². The number of halogens is 3. The first-order chi connectivity index (χ1) is 12.4. The third-order valence-corrected chi connectivity index (χ3v) is 4.49. The summed E-state index contributed by atoms with van der Waals surface area (Å²) in [5.41, 5.74) is 0.560. The molecule has 0 spiro atoms. The van der Waals surface area contributed by atoms with Gasteiger partial charge < -0.3 is 10.0 Å². The third kappa shape index (κ3) is 3.85. The Labute approximate surface area is 148 Å². The molecule has 2 aromatic rings. The Morgan fingerprint density at radius 2 is 2.04 bits per heavy atom. The minimum absolute atomic E-state index is 0.141. The van der Waals surface area contributed by atoms with Crippen LogP contribution in [0.5, 0.6) is 0 Å². The van der Waals surface area contributed by atoms with Gasteiger partial charge >= 0.3 is 6.18 Å². The smallest absolute Gasteiger partial charge is 0.387 e. The first-order valence-corrected chi connectivity index (χ1v) is 8.27. The SMILES string of the molecule is O=C(CO)N1CCCC(c2nccnc2-c2cccc(C(F)(F)F)c2)C1. The first kappa shape index (κ1) is 18.3. The number of hydrogen-bond donors (Lipinski definition) is 1. The average molecular weight is 365 g/mol. The number of hydrogen-bond acceptors (Lipinski definition) is 4. The van der Waals surface area contributed by atoms with Crippen LogP contribution in [0.15, 0.2) is 36.7 Å². The Morgan fingerprint density at radius 3 is 2.77 bits per heavy atom. The second kappa shape index (κ2) is 7.41. The molecule has 1 aromatic carbocycles. The first-order valence-electron chi connectivity index (χ1n) is 8.27. The highest BCUT2D eigenvalue weighted by Crippen LogP contribution is 2.35. The molecule has 1 N–H and O–H groups in total. The van der Waals surface area contributed by atoms with Crippen molar-refractivity contribution >= 4 is 5.91 Å². The molecule has 0 bridgehead atoms. The summed E-state index contributed by atoms with van der Waals surface area (Å²) in [6.07, 6.45) is -0.0136. The molecule has 1 saturated heterocycles. The maximum atomic E-state index is 13.0. The molecule has 1 aromatic heterocycles. The second-order valence-electron chi connectivity index (χ2n) is 6.21. The van der Waals surface area contributed by atoms with Crippen molar-refractivity contribution in [3.63, 3.8) is 0 Å². The highest BCUT2D eigenvalue weighted by molar-refractivity contribution is 5.77. The quantitative estimate of drug-likeness (QED) is 0.908. The fraction of sp³-hybridized carbons (Fsp3) is 0.389. The van der Waals surface area contributed by atoms with Crippen LogP contribution in [0, 0.1) is 0 Å². The van der Waals surface area contributed by atoms with Crippen LogP contribution in [0.1, 0.15) is 30.0 Å². The van der Waals surface area contributed by atoms with E-state index in [1.807, 2.05) is 0 Å². The van der Waals surface area contributed by atoms with Gasteiger partial charge in [-0.05, 0) is 25.0 Å². The zero-order valence-electron chi connectivity index (χ0n) is 13.9. The van der Waals surface area contributed by atoms with Crippen LogP contribution in [-0.4, -0.2) is 45.6 Å². The number of piperidine rings is 1. The van der Waals surface area contributed by atoms with Crippen LogP contribution in [0.2, 0.25) is 0 Å². The fourth-order valence-corrected chi connectivity index (χ4v) is 3.24. The lowest BCUT2D eigenvalue weighted by Crippen LogP contribution is -2.40. The number of nitrogens with zero attached hydrogens (tertiary/aromatic N) is 3. The number of aliphatic hydroxyl groups excluding tert-OH is 1. The lowest BCUT2D eigenvalue weighted by molar-refractivity contribution is -0.137. The van der Waals surface area contributed by atoms with Crippen molar-refractivity contribution in [3.8, 4) is 11.3 Å². The number of aromatic nitrogens is 2. The van der Waals surface area contributed by atoms with Gasteiger partial charge in [0.2, 0.25) is 5.91 Å². The molecule has 1 unspecified atom stereocenters. The summed E-state index contributed by atoms with van der Waals surface area (Å²) >= 11 is 0. The Bertz CT molecular complexity index is 795. The number of likely N-dealkylation sites (tertiary alicyclic amines) is 1. The van der Waals surface area contributed by atoms with E-state index in [-0.39, 0.29) is 11.8 Å². The maximum absolute atomic E-state index is 13.0. The summed E-state index contributed by atoms with van der Waals surface area (Å²) < 4.78 is 39.0. The van der Waals surface area contributed by atoms with Crippen molar-refractivity contribution in [2.24, 2.45) is 0 Å². The minimum atomic E-state index is -4.44. The van der Waals surface area contributed by atoms with E-state index in [4.69, 9.17) is 5.11 Å². The largest absolute Gasteiger partial charge is 0.416 e. The molecule has 0 saturated carbocycles. The number of amides is 1. The summed E-state index contributed by atoms with van der Waals surface area (Å²) in [6.45, 7) is 0.354. The third-order valence-electron chi connectivity index (χ3n) is 4.49. The Kier molecular flexibility index (Phi) is 5.22. The molecule has 1 aliphatic rings. The van der Waals surface area contributed by atoms with E-state index in [9.17, 15) is 18.0 Å². The van der Waals surface area contributed by atoms with E-state index < -0.39 is 18.3 Å². The number of carbonyl (C=O) groups excluding carboxylic acids is 1. The van der Waals surface area contributed by atoms with E-state index in [0.717, 1.165) is 25.0 Å². The Balaban J connectivity index is 1.95. The molecule has 3 rings (SSSR count). The van der Waals surface area contributed by atoms with E-state index in [1.165, 1.54) is 18.5 Å². The highest BCUT2D eigenvalue weighted by atomic mass is 19.4. The average Bonchev–Trinajstić information content (AvgIpc) is 2.67. The van der Waals surface area contributed by atoms with Crippen LogP contribution in [0.3, 0.4) is 0 Å². The summed E-state index contributed by atoms with van der Waals surface area (Å²) in [7, 11) is 0. The molecule has 1 aliphatic heterocycles. The van der Waals surface area contributed by atoms with Crippen molar-refractivity contribution in [2.75, 3.05) is 19.7 Å². The molecule has 8 heteroatoms. The van der Waals surface area contributed by atoms with Crippen molar-refractivity contribution < 1.29 is 23.1 Å². The number of rotatable bonds is 3. The van der Waals surface area contributed by atoms with Gasteiger partial charge in [-0.15, -0.1) is 0 Å². The predicted octanol–water partition coefficient (Wildman–Crippen LogP) is 2.86. The molecule has 5 nitrogen and oxygen atoms in total. The van der Waals surface area contributed by atoms with Gasteiger partial charge in [-0.25, -0.2) is 0 Å². The zero-order chi connectivity index (χ0) is 18.7. The van der Waals surface area contributed by atoms with E-state index in [2.05, 4.69) is 9.97 Å². The van der Waals surface area contributed by atoms with Gasteiger partial charge in [-0.3, -0.25) is 14.8 Å². The zero-order valence-corrected chi connectivity index (χ0v) is 13.9. The molecule has 1 fully saturated rings. The van der Waals surface area contributed by atoms with Gasteiger partial charge in [0.25, 0.3) is 0 Å². The second-order valence-corrected chi connectivity index (χ2v) is 6.21. The molecule has 0 radical (unpaired) electrons. The molecule has 1 amide bonds. The van der Waals surface area contributed by atoms with Gasteiger partial charge in [0.15, 0.2) is 0 Å². The summed E-state index contributed by atoms with van der Waals surface area (Å²) in [4.78, 5) is 21.9. The molecular formula is C18H18F3N3O2. The standard InChI is InChI=1S/C18H18F3N3O2/c19-18(20,21)14-5-1-3-12(9-14)16-17(23-7-6-22-16)13-4-2-8-24(10-13)15(26)11-25/h1,3,5-7,9,13,25H,2,4,8,10-11H2. The van der Waals surface area contributed by atoms with Crippen LogP contribution in [0.4, 0.5) is 13.2 Å². The lowest BCUT2D eigenvalue weighted by Gasteiger charge is -2.32. The lowest BCUT2D eigenvalue weighted by atomic mass is 9.91. The topological polar surface area (TPSA) is 66.3 Å². The van der Waals surface area contributed by atoms with Gasteiger partial charge in [0, 0.05) is 37.0 Å². The molecular weight excluding hydrogens is 347 g/mol. The number of aliphatic hydroxyl groups is 1. The van der Waals surface area contributed by atoms with Gasteiger partial charge in [-0.2, -0.15) is 13.2 Å².